The number of carbonyl (C=O) groups excluding carboxylic acids is 1. The fourth-order valence-corrected chi connectivity index (χ4v) is 2.45. The zero-order chi connectivity index (χ0) is 13.6. The van der Waals surface area contributed by atoms with Gasteiger partial charge in [-0.25, -0.2) is 0 Å². The quantitative estimate of drug-likeness (QED) is 0.762. The molecule has 0 aromatic rings. The van der Waals surface area contributed by atoms with Gasteiger partial charge in [-0.05, 0) is 60.2 Å². The van der Waals surface area contributed by atoms with E-state index in [9.17, 15) is 4.79 Å². The van der Waals surface area contributed by atoms with Crippen LogP contribution < -0.4 is 5.32 Å². The second-order valence-electron chi connectivity index (χ2n) is 6.10. The smallest absolute Gasteiger partial charge is 0.320 e. The predicted molar refractivity (Wildman–Crippen MR) is 73.6 cm³/mol. The molecule has 1 aliphatic rings. The van der Waals surface area contributed by atoms with Gasteiger partial charge in [0, 0.05) is 6.04 Å². The SMILES string of the molecule is CNCCC1CCCCN1CC(=O)OC(C)(C)C. The van der Waals surface area contributed by atoms with E-state index in [1.807, 2.05) is 27.8 Å². The molecular formula is C14H28N2O2. The summed E-state index contributed by atoms with van der Waals surface area (Å²) in [5.41, 5.74) is -0.382. The zero-order valence-corrected chi connectivity index (χ0v) is 12.3. The average Bonchev–Trinajstić information content (AvgIpc) is 2.25. The Balaban J connectivity index is 2.43. The summed E-state index contributed by atoms with van der Waals surface area (Å²) >= 11 is 0. The second-order valence-corrected chi connectivity index (χ2v) is 6.10. The van der Waals surface area contributed by atoms with Gasteiger partial charge in [-0.3, -0.25) is 9.69 Å². The van der Waals surface area contributed by atoms with Crippen LogP contribution in [-0.4, -0.2) is 49.2 Å². The Hall–Kier alpha value is -0.610. The highest BCUT2D eigenvalue weighted by Crippen LogP contribution is 2.19. The number of carbonyl (C=O) groups is 1. The molecule has 0 saturated carbocycles. The number of nitrogens with one attached hydrogen (secondary N) is 1. The molecule has 1 rings (SSSR count). The number of esters is 1. The minimum Gasteiger partial charge on any atom is -0.459 e. The lowest BCUT2D eigenvalue weighted by Crippen LogP contribution is -2.45. The molecule has 1 atom stereocenters. The summed E-state index contributed by atoms with van der Waals surface area (Å²) < 4.78 is 5.40. The summed E-state index contributed by atoms with van der Waals surface area (Å²) in [6.45, 7) is 8.22. The van der Waals surface area contributed by atoms with Crippen LogP contribution in [0.4, 0.5) is 0 Å². The number of hydrogen-bond acceptors (Lipinski definition) is 4. The van der Waals surface area contributed by atoms with Crippen LogP contribution in [0.5, 0.6) is 0 Å². The number of likely N-dealkylation sites (tertiary alicyclic amines) is 1. The number of piperidine rings is 1. The molecule has 1 saturated heterocycles. The van der Waals surface area contributed by atoms with Crippen molar-refractivity contribution in [2.24, 2.45) is 0 Å². The van der Waals surface area contributed by atoms with Crippen LogP contribution in [-0.2, 0) is 9.53 Å². The molecule has 0 radical (unpaired) electrons. The third kappa shape index (κ3) is 5.83. The zero-order valence-electron chi connectivity index (χ0n) is 12.3. The van der Waals surface area contributed by atoms with Crippen molar-refractivity contribution in [2.75, 3.05) is 26.7 Å². The molecule has 0 amide bonds. The molecule has 1 aliphatic heterocycles. The van der Waals surface area contributed by atoms with Crippen molar-refractivity contribution >= 4 is 5.97 Å². The monoisotopic (exact) mass is 256 g/mol. The van der Waals surface area contributed by atoms with E-state index in [1.165, 1.54) is 19.3 Å². The van der Waals surface area contributed by atoms with Crippen LogP contribution >= 0.6 is 0 Å². The topological polar surface area (TPSA) is 41.6 Å². The number of nitrogens with zero attached hydrogens (tertiary/aromatic N) is 1. The molecular weight excluding hydrogens is 228 g/mol. The minimum atomic E-state index is -0.382. The molecule has 0 aromatic heterocycles. The Morgan fingerprint density at radius 3 is 2.72 bits per heavy atom. The normalized spacial score (nSPS) is 21.9. The Morgan fingerprint density at radius 1 is 1.39 bits per heavy atom. The maximum absolute atomic E-state index is 11.9. The number of hydrogen-bond donors (Lipinski definition) is 1. The van der Waals surface area contributed by atoms with Gasteiger partial charge in [-0.2, -0.15) is 0 Å². The largest absolute Gasteiger partial charge is 0.459 e. The molecule has 0 aliphatic carbocycles. The first kappa shape index (κ1) is 15.4. The van der Waals surface area contributed by atoms with Crippen molar-refractivity contribution < 1.29 is 9.53 Å². The summed E-state index contributed by atoms with van der Waals surface area (Å²) in [6, 6.07) is 0.527. The molecule has 1 heterocycles. The van der Waals surface area contributed by atoms with Gasteiger partial charge in [0.25, 0.3) is 0 Å². The highest BCUT2D eigenvalue weighted by atomic mass is 16.6. The van der Waals surface area contributed by atoms with E-state index in [1.54, 1.807) is 0 Å². The van der Waals surface area contributed by atoms with Gasteiger partial charge in [-0.1, -0.05) is 6.42 Å². The minimum absolute atomic E-state index is 0.0983. The van der Waals surface area contributed by atoms with E-state index >= 15 is 0 Å². The van der Waals surface area contributed by atoms with Crippen molar-refractivity contribution in [3.05, 3.63) is 0 Å². The predicted octanol–water partition coefficient (Wildman–Crippen LogP) is 1.79. The lowest BCUT2D eigenvalue weighted by molar-refractivity contribution is -0.157. The molecule has 4 nitrogen and oxygen atoms in total. The Bertz CT molecular complexity index is 261. The number of rotatable bonds is 5. The van der Waals surface area contributed by atoms with Crippen LogP contribution in [0.3, 0.4) is 0 Å². The van der Waals surface area contributed by atoms with Gasteiger partial charge in [0.15, 0.2) is 0 Å². The molecule has 0 bridgehead atoms. The van der Waals surface area contributed by atoms with Gasteiger partial charge in [0.2, 0.25) is 0 Å². The van der Waals surface area contributed by atoms with E-state index in [4.69, 9.17) is 4.74 Å². The van der Waals surface area contributed by atoms with Crippen LogP contribution in [0, 0.1) is 0 Å². The average molecular weight is 256 g/mol. The first-order valence-electron chi connectivity index (χ1n) is 7.03. The number of ether oxygens (including phenoxy) is 1. The summed E-state index contributed by atoms with van der Waals surface area (Å²) in [6.07, 6.45) is 4.78. The van der Waals surface area contributed by atoms with Crippen molar-refractivity contribution in [1.82, 2.24) is 10.2 Å². The van der Waals surface area contributed by atoms with Gasteiger partial charge < -0.3 is 10.1 Å². The second kappa shape index (κ2) is 7.10. The van der Waals surface area contributed by atoms with E-state index in [0.717, 1.165) is 19.5 Å². The molecule has 0 aromatic carbocycles. The summed E-state index contributed by atoms with van der Waals surface area (Å²) in [5.74, 6) is -0.0983. The Labute approximate surface area is 111 Å². The van der Waals surface area contributed by atoms with E-state index in [-0.39, 0.29) is 11.6 Å². The highest BCUT2D eigenvalue weighted by Gasteiger charge is 2.26. The lowest BCUT2D eigenvalue weighted by Gasteiger charge is -2.35. The molecule has 106 valence electrons. The van der Waals surface area contributed by atoms with Crippen molar-refractivity contribution in [2.45, 2.75) is 58.1 Å². The fraction of sp³-hybridized carbons (Fsp3) is 0.929. The van der Waals surface area contributed by atoms with Gasteiger partial charge in [-0.15, -0.1) is 0 Å². The maximum atomic E-state index is 11.9. The molecule has 4 heteroatoms. The Morgan fingerprint density at radius 2 is 2.11 bits per heavy atom. The first-order valence-corrected chi connectivity index (χ1v) is 7.03. The van der Waals surface area contributed by atoms with Crippen LogP contribution in [0.25, 0.3) is 0 Å². The highest BCUT2D eigenvalue weighted by molar-refractivity contribution is 5.72. The van der Waals surface area contributed by atoms with Gasteiger partial charge in [0.05, 0.1) is 6.54 Å². The lowest BCUT2D eigenvalue weighted by atomic mass is 9.99. The molecule has 18 heavy (non-hydrogen) atoms. The van der Waals surface area contributed by atoms with Crippen molar-refractivity contribution in [3.63, 3.8) is 0 Å². The Kier molecular flexibility index (Phi) is 6.09. The van der Waals surface area contributed by atoms with Crippen LogP contribution in [0.15, 0.2) is 0 Å². The molecule has 1 N–H and O–H groups in total. The van der Waals surface area contributed by atoms with Gasteiger partial charge in [0.1, 0.15) is 5.60 Å². The maximum Gasteiger partial charge on any atom is 0.320 e. The molecule has 1 fully saturated rings. The summed E-state index contributed by atoms with van der Waals surface area (Å²) in [7, 11) is 1.97. The molecule has 0 spiro atoms. The third-order valence-electron chi connectivity index (χ3n) is 3.23. The van der Waals surface area contributed by atoms with E-state index in [2.05, 4.69) is 10.2 Å². The van der Waals surface area contributed by atoms with Crippen LogP contribution in [0.1, 0.15) is 46.5 Å². The van der Waals surface area contributed by atoms with Gasteiger partial charge >= 0.3 is 5.97 Å². The summed E-state index contributed by atoms with van der Waals surface area (Å²) in [5, 5.41) is 3.18. The van der Waals surface area contributed by atoms with Crippen LogP contribution in [0.2, 0.25) is 0 Å². The molecule has 1 unspecified atom stereocenters. The van der Waals surface area contributed by atoms with E-state index in [0.29, 0.717) is 12.6 Å². The fourth-order valence-electron chi connectivity index (χ4n) is 2.45. The third-order valence-corrected chi connectivity index (χ3v) is 3.23. The standard InChI is InChI=1S/C14H28N2O2/c1-14(2,3)18-13(17)11-16-10-6-5-7-12(16)8-9-15-4/h12,15H,5-11H2,1-4H3. The van der Waals surface area contributed by atoms with E-state index < -0.39 is 0 Å². The summed E-state index contributed by atoms with van der Waals surface area (Å²) in [4.78, 5) is 14.2. The van der Waals surface area contributed by atoms with Crippen molar-refractivity contribution in [3.8, 4) is 0 Å². The van der Waals surface area contributed by atoms with Crippen molar-refractivity contribution in [1.29, 1.82) is 0 Å². The first-order chi connectivity index (χ1) is 8.42.